The maximum absolute atomic E-state index is 12.4. The van der Waals surface area contributed by atoms with E-state index in [4.69, 9.17) is 9.47 Å². The monoisotopic (exact) mass is 394 g/mol. The molecule has 1 N–H and O–H groups in total. The van der Waals surface area contributed by atoms with Gasteiger partial charge in [0, 0.05) is 30.1 Å². The van der Waals surface area contributed by atoms with Crippen molar-refractivity contribution in [3.63, 3.8) is 0 Å². The van der Waals surface area contributed by atoms with Crippen molar-refractivity contribution in [3.05, 3.63) is 82.2 Å². The molecule has 0 spiro atoms. The van der Waals surface area contributed by atoms with E-state index in [-0.39, 0.29) is 5.69 Å². The van der Waals surface area contributed by atoms with Crippen molar-refractivity contribution in [1.82, 2.24) is 9.99 Å². The molecule has 0 unspecified atom stereocenters. The van der Waals surface area contributed by atoms with Gasteiger partial charge in [-0.1, -0.05) is 0 Å². The van der Waals surface area contributed by atoms with E-state index in [0.717, 1.165) is 5.69 Å². The first-order valence-electron chi connectivity index (χ1n) is 8.51. The molecule has 3 rings (SSSR count). The van der Waals surface area contributed by atoms with Gasteiger partial charge in [-0.25, -0.2) is 5.43 Å². The summed E-state index contributed by atoms with van der Waals surface area (Å²) in [4.78, 5) is 22.7. The summed E-state index contributed by atoms with van der Waals surface area (Å²) in [5.41, 5.74) is 4.19. The normalized spacial score (nSPS) is 10.7. The number of nitro groups is 1. The van der Waals surface area contributed by atoms with Gasteiger partial charge in [-0.2, -0.15) is 5.10 Å². The van der Waals surface area contributed by atoms with Crippen LogP contribution in [0, 0.1) is 10.1 Å². The van der Waals surface area contributed by atoms with Crippen molar-refractivity contribution in [3.8, 4) is 17.2 Å². The number of carbonyl (C=O) groups is 1. The summed E-state index contributed by atoms with van der Waals surface area (Å²) in [6, 6.07) is 14.6. The molecule has 0 radical (unpaired) electrons. The maximum Gasteiger partial charge on any atom is 0.275 e. The summed E-state index contributed by atoms with van der Waals surface area (Å²) in [6.07, 6.45) is 3.27. The second kappa shape index (κ2) is 8.70. The Morgan fingerprint density at radius 1 is 1.14 bits per heavy atom. The standard InChI is InChI=1S/C20H18N4O5/c1-28-17-9-10-18(19(12-17)29-2)20(25)22-21-13-16-4-3-11-23(16)14-5-7-15(8-6-14)24(26)27/h3-13H,1-2H3,(H,22,25). The van der Waals surface area contributed by atoms with Gasteiger partial charge in [0.05, 0.1) is 36.6 Å². The summed E-state index contributed by atoms with van der Waals surface area (Å²) in [6.45, 7) is 0. The van der Waals surface area contributed by atoms with E-state index in [0.29, 0.717) is 22.8 Å². The first kappa shape index (κ1) is 19.6. The fraction of sp³-hybridized carbons (Fsp3) is 0.100. The van der Waals surface area contributed by atoms with Crippen LogP contribution in [0.15, 0.2) is 65.9 Å². The average Bonchev–Trinajstić information content (AvgIpc) is 3.21. The minimum atomic E-state index is -0.454. The van der Waals surface area contributed by atoms with Crippen molar-refractivity contribution in [1.29, 1.82) is 0 Å². The molecule has 9 nitrogen and oxygen atoms in total. The Kier molecular flexibility index (Phi) is 5.88. The van der Waals surface area contributed by atoms with Crippen LogP contribution in [-0.4, -0.2) is 35.8 Å². The number of non-ortho nitro benzene ring substituents is 1. The number of ether oxygens (including phenoxy) is 2. The van der Waals surface area contributed by atoms with Gasteiger partial charge in [0.1, 0.15) is 11.5 Å². The van der Waals surface area contributed by atoms with E-state index in [2.05, 4.69) is 10.5 Å². The fourth-order valence-corrected chi connectivity index (χ4v) is 2.67. The van der Waals surface area contributed by atoms with E-state index in [1.165, 1.54) is 32.6 Å². The predicted octanol–water partition coefficient (Wildman–Crippen LogP) is 3.17. The van der Waals surface area contributed by atoms with Crippen LogP contribution < -0.4 is 14.9 Å². The summed E-state index contributed by atoms with van der Waals surface area (Å²) in [5.74, 6) is 0.503. The van der Waals surface area contributed by atoms with E-state index >= 15 is 0 Å². The molecule has 0 fully saturated rings. The van der Waals surface area contributed by atoms with E-state index in [1.807, 2.05) is 0 Å². The first-order chi connectivity index (χ1) is 14.0. The molecule has 0 aliphatic heterocycles. The minimum absolute atomic E-state index is 0.0109. The molecule has 0 aliphatic rings. The average molecular weight is 394 g/mol. The highest BCUT2D eigenvalue weighted by molar-refractivity contribution is 5.97. The van der Waals surface area contributed by atoms with Crippen LogP contribution in [0.25, 0.3) is 5.69 Å². The number of methoxy groups -OCH3 is 2. The Hall–Kier alpha value is -4.14. The van der Waals surface area contributed by atoms with Crippen molar-refractivity contribution in [2.45, 2.75) is 0 Å². The zero-order chi connectivity index (χ0) is 20.8. The van der Waals surface area contributed by atoms with Crippen LogP contribution in [0.1, 0.15) is 16.1 Å². The second-order valence-corrected chi connectivity index (χ2v) is 5.84. The number of nitrogens with one attached hydrogen (secondary N) is 1. The van der Waals surface area contributed by atoms with Crippen LogP contribution in [0.3, 0.4) is 0 Å². The topological polar surface area (TPSA) is 108 Å². The molecule has 1 amide bonds. The molecule has 2 aromatic carbocycles. The third kappa shape index (κ3) is 4.41. The highest BCUT2D eigenvalue weighted by atomic mass is 16.6. The van der Waals surface area contributed by atoms with Gasteiger partial charge >= 0.3 is 0 Å². The second-order valence-electron chi connectivity index (χ2n) is 5.84. The number of nitro benzene ring substituents is 1. The van der Waals surface area contributed by atoms with E-state index in [1.54, 1.807) is 53.2 Å². The molecular weight excluding hydrogens is 376 g/mol. The lowest BCUT2D eigenvalue weighted by atomic mass is 10.2. The minimum Gasteiger partial charge on any atom is -0.497 e. The Labute approximate surface area is 166 Å². The van der Waals surface area contributed by atoms with Crippen LogP contribution in [0.2, 0.25) is 0 Å². The first-order valence-corrected chi connectivity index (χ1v) is 8.51. The third-order valence-corrected chi connectivity index (χ3v) is 4.14. The highest BCUT2D eigenvalue weighted by Gasteiger charge is 2.13. The third-order valence-electron chi connectivity index (χ3n) is 4.14. The van der Waals surface area contributed by atoms with Crippen LogP contribution in [0.4, 0.5) is 5.69 Å². The maximum atomic E-state index is 12.4. The van der Waals surface area contributed by atoms with Gasteiger partial charge in [-0.05, 0) is 36.4 Å². The molecule has 0 atom stereocenters. The predicted molar refractivity (Wildman–Crippen MR) is 107 cm³/mol. The zero-order valence-electron chi connectivity index (χ0n) is 15.7. The number of hydrazone groups is 1. The molecule has 148 valence electrons. The Bertz CT molecular complexity index is 1060. The number of rotatable bonds is 7. The van der Waals surface area contributed by atoms with Crippen molar-refractivity contribution in [2.75, 3.05) is 14.2 Å². The fourth-order valence-electron chi connectivity index (χ4n) is 2.67. The number of nitrogens with zero attached hydrogens (tertiary/aromatic N) is 3. The quantitative estimate of drug-likeness (QED) is 0.376. The molecular formula is C20H18N4O5. The zero-order valence-corrected chi connectivity index (χ0v) is 15.7. The summed E-state index contributed by atoms with van der Waals surface area (Å²) >= 11 is 0. The molecule has 9 heteroatoms. The Balaban J connectivity index is 1.74. The number of benzene rings is 2. The highest BCUT2D eigenvalue weighted by Crippen LogP contribution is 2.24. The molecule has 0 saturated heterocycles. The lowest BCUT2D eigenvalue weighted by molar-refractivity contribution is -0.384. The number of aromatic nitrogens is 1. The van der Waals surface area contributed by atoms with Crippen LogP contribution >= 0.6 is 0 Å². The van der Waals surface area contributed by atoms with Crippen molar-refractivity contribution >= 4 is 17.8 Å². The van der Waals surface area contributed by atoms with Crippen molar-refractivity contribution < 1.29 is 19.2 Å². The molecule has 0 bridgehead atoms. The van der Waals surface area contributed by atoms with E-state index in [9.17, 15) is 14.9 Å². The van der Waals surface area contributed by atoms with Gasteiger partial charge in [-0.3, -0.25) is 14.9 Å². The lowest BCUT2D eigenvalue weighted by Crippen LogP contribution is -2.18. The SMILES string of the molecule is COc1ccc(C(=O)NN=Cc2cccn2-c2ccc([N+](=O)[O-])cc2)c(OC)c1. The number of amides is 1. The van der Waals surface area contributed by atoms with Gasteiger partial charge in [0.25, 0.3) is 11.6 Å². The van der Waals surface area contributed by atoms with Gasteiger partial charge in [0.15, 0.2) is 0 Å². The van der Waals surface area contributed by atoms with Crippen molar-refractivity contribution in [2.24, 2.45) is 5.10 Å². The molecule has 1 heterocycles. The molecule has 29 heavy (non-hydrogen) atoms. The molecule has 0 saturated carbocycles. The van der Waals surface area contributed by atoms with E-state index < -0.39 is 10.8 Å². The number of carbonyl (C=O) groups excluding carboxylic acids is 1. The summed E-state index contributed by atoms with van der Waals surface area (Å²) in [5, 5.41) is 14.8. The Morgan fingerprint density at radius 2 is 1.90 bits per heavy atom. The molecule has 3 aromatic rings. The number of hydrogen-bond donors (Lipinski definition) is 1. The number of hydrogen-bond acceptors (Lipinski definition) is 6. The largest absolute Gasteiger partial charge is 0.497 e. The molecule has 1 aromatic heterocycles. The van der Waals surface area contributed by atoms with Gasteiger partial charge in [-0.15, -0.1) is 0 Å². The smallest absolute Gasteiger partial charge is 0.275 e. The Morgan fingerprint density at radius 3 is 2.55 bits per heavy atom. The summed E-state index contributed by atoms with van der Waals surface area (Å²) in [7, 11) is 2.99. The van der Waals surface area contributed by atoms with Gasteiger partial charge in [0.2, 0.25) is 0 Å². The molecule has 0 aliphatic carbocycles. The summed E-state index contributed by atoms with van der Waals surface area (Å²) < 4.78 is 12.1. The van der Waals surface area contributed by atoms with Crippen LogP contribution in [-0.2, 0) is 0 Å². The van der Waals surface area contributed by atoms with Gasteiger partial charge < -0.3 is 14.0 Å². The lowest BCUT2D eigenvalue weighted by Gasteiger charge is -2.09. The van der Waals surface area contributed by atoms with Crippen LogP contribution in [0.5, 0.6) is 11.5 Å².